The van der Waals surface area contributed by atoms with Gasteiger partial charge in [0.1, 0.15) is 12.2 Å². The van der Waals surface area contributed by atoms with Crippen LogP contribution in [-0.2, 0) is 19.6 Å². The first-order valence-corrected chi connectivity index (χ1v) is 5.76. The number of phenols is 1. The number of aromatic hydroxyl groups is 1. The Balaban J connectivity index is 1.94. The van der Waals surface area contributed by atoms with E-state index in [9.17, 15) is 9.50 Å². The minimum Gasteiger partial charge on any atom is -0.505 e. The van der Waals surface area contributed by atoms with Crippen LogP contribution in [-0.4, -0.2) is 19.9 Å². The highest BCUT2D eigenvalue weighted by molar-refractivity contribution is 5.33. The number of rotatable bonds is 5. The maximum absolute atomic E-state index is 13.1. The van der Waals surface area contributed by atoms with E-state index >= 15 is 0 Å². The zero-order valence-corrected chi connectivity index (χ0v) is 10.1. The summed E-state index contributed by atoms with van der Waals surface area (Å²) in [4.78, 5) is 0. The molecular formula is C12H15FN4O. The van der Waals surface area contributed by atoms with Gasteiger partial charge in [-0.05, 0) is 13.0 Å². The van der Waals surface area contributed by atoms with Gasteiger partial charge in [-0.1, -0.05) is 12.1 Å². The van der Waals surface area contributed by atoms with Crippen LogP contribution >= 0.6 is 0 Å². The number of hydrogen-bond acceptors (Lipinski definition) is 4. The highest BCUT2D eigenvalue weighted by atomic mass is 19.1. The summed E-state index contributed by atoms with van der Waals surface area (Å²) >= 11 is 0. The standard InChI is InChI=1S/C12H15FN4O/c1-2-17-8-15-16-11(17)7-14-6-9-4-3-5-10(13)12(9)18/h3-5,8,14,18H,2,6-7H2,1H3. The van der Waals surface area contributed by atoms with Gasteiger partial charge >= 0.3 is 0 Å². The number of halogens is 1. The summed E-state index contributed by atoms with van der Waals surface area (Å²) in [7, 11) is 0. The van der Waals surface area contributed by atoms with Crippen molar-refractivity contribution < 1.29 is 9.50 Å². The van der Waals surface area contributed by atoms with Crippen molar-refractivity contribution in [3.63, 3.8) is 0 Å². The lowest BCUT2D eigenvalue weighted by atomic mass is 10.2. The highest BCUT2D eigenvalue weighted by Gasteiger charge is 2.07. The quantitative estimate of drug-likeness (QED) is 0.842. The second-order valence-corrected chi connectivity index (χ2v) is 3.88. The normalized spacial score (nSPS) is 10.8. The van der Waals surface area contributed by atoms with Gasteiger partial charge in [0.15, 0.2) is 11.6 Å². The van der Waals surface area contributed by atoms with E-state index in [1.54, 1.807) is 18.5 Å². The molecule has 0 saturated heterocycles. The third kappa shape index (κ3) is 2.65. The number of para-hydroxylation sites is 1. The van der Waals surface area contributed by atoms with Crippen LogP contribution in [0.5, 0.6) is 5.75 Å². The predicted molar refractivity (Wildman–Crippen MR) is 64.3 cm³/mol. The molecule has 96 valence electrons. The molecular weight excluding hydrogens is 235 g/mol. The van der Waals surface area contributed by atoms with Crippen molar-refractivity contribution >= 4 is 0 Å². The third-order valence-corrected chi connectivity index (χ3v) is 2.71. The number of nitrogens with zero attached hydrogens (tertiary/aromatic N) is 3. The van der Waals surface area contributed by atoms with E-state index < -0.39 is 5.82 Å². The lowest BCUT2D eigenvalue weighted by Gasteiger charge is -2.07. The predicted octanol–water partition coefficient (Wildman–Crippen LogP) is 1.43. The molecule has 1 aromatic heterocycles. The molecule has 0 spiro atoms. The molecule has 0 atom stereocenters. The molecule has 2 aromatic rings. The van der Waals surface area contributed by atoms with E-state index in [0.29, 0.717) is 18.7 Å². The van der Waals surface area contributed by atoms with E-state index in [1.807, 2.05) is 11.5 Å². The Morgan fingerprint density at radius 1 is 1.39 bits per heavy atom. The van der Waals surface area contributed by atoms with Gasteiger partial charge < -0.3 is 15.0 Å². The molecule has 0 fully saturated rings. The summed E-state index contributed by atoms with van der Waals surface area (Å²) < 4.78 is 15.0. The molecule has 0 saturated carbocycles. The molecule has 5 nitrogen and oxygen atoms in total. The number of hydrogen-bond donors (Lipinski definition) is 2. The fraction of sp³-hybridized carbons (Fsp3) is 0.333. The van der Waals surface area contributed by atoms with E-state index in [2.05, 4.69) is 15.5 Å². The van der Waals surface area contributed by atoms with Gasteiger partial charge in [-0.2, -0.15) is 0 Å². The van der Waals surface area contributed by atoms with Crippen molar-refractivity contribution in [2.75, 3.05) is 0 Å². The zero-order chi connectivity index (χ0) is 13.0. The Labute approximate surface area is 104 Å². The molecule has 6 heteroatoms. The van der Waals surface area contributed by atoms with Crippen molar-refractivity contribution in [2.24, 2.45) is 0 Å². The number of nitrogens with one attached hydrogen (secondary N) is 1. The molecule has 0 radical (unpaired) electrons. The number of aromatic nitrogens is 3. The van der Waals surface area contributed by atoms with Gasteiger partial charge in [0.25, 0.3) is 0 Å². The Morgan fingerprint density at radius 2 is 2.22 bits per heavy atom. The lowest BCUT2D eigenvalue weighted by Crippen LogP contribution is -2.16. The van der Waals surface area contributed by atoms with Crippen LogP contribution in [0.2, 0.25) is 0 Å². The Kier molecular flexibility index (Phi) is 3.88. The Hall–Kier alpha value is -1.95. The summed E-state index contributed by atoms with van der Waals surface area (Å²) in [5.41, 5.74) is 0.526. The molecule has 1 heterocycles. The van der Waals surface area contributed by atoms with E-state index in [1.165, 1.54) is 6.07 Å². The fourth-order valence-electron chi connectivity index (χ4n) is 1.69. The largest absolute Gasteiger partial charge is 0.505 e. The third-order valence-electron chi connectivity index (χ3n) is 2.71. The molecule has 18 heavy (non-hydrogen) atoms. The van der Waals surface area contributed by atoms with Gasteiger partial charge in [0.2, 0.25) is 0 Å². The summed E-state index contributed by atoms with van der Waals surface area (Å²) in [6.45, 7) is 3.70. The Bertz CT molecular complexity index is 527. The first kappa shape index (κ1) is 12.5. The van der Waals surface area contributed by atoms with Gasteiger partial charge in [0, 0.05) is 18.7 Å². The van der Waals surface area contributed by atoms with E-state index in [4.69, 9.17) is 0 Å². The topological polar surface area (TPSA) is 63.0 Å². The zero-order valence-electron chi connectivity index (χ0n) is 10.1. The van der Waals surface area contributed by atoms with Crippen molar-refractivity contribution in [3.05, 3.63) is 41.7 Å². The van der Waals surface area contributed by atoms with Crippen molar-refractivity contribution in [3.8, 4) is 5.75 Å². The summed E-state index contributed by atoms with van der Waals surface area (Å²) in [6.07, 6.45) is 1.66. The maximum atomic E-state index is 13.1. The molecule has 1 aromatic carbocycles. The van der Waals surface area contributed by atoms with Crippen LogP contribution in [0, 0.1) is 5.82 Å². The molecule has 2 N–H and O–H groups in total. The molecule has 0 aliphatic rings. The van der Waals surface area contributed by atoms with Gasteiger partial charge in [-0.15, -0.1) is 10.2 Å². The van der Waals surface area contributed by atoms with Crippen LogP contribution in [0.15, 0.2) is 24.5 Å². The van der Waals surface area contributed by atoms with Crippen molar-refractivity contribution in [1.29, 1.82) is 0 Å². The average molecular weight is 250 g/mol. The molecule has 2 rings (SSSR count). The molecule has 0 aliphatic heterocycles. The first-order valence-electron chi connectivity index (χ1n) is 5.76. The van der Waals surface area contributed by atoms with E-state index in [-0.39, 0.29) is 5.75 Å². The lowest BCUT2D eigenvalue weighted by molar-refractivity contribution is 0.422. The minimum atomic E-state index is -0.606. The van der Waals surface area contributed by atoms with Crippen molar-refractivity contribution in [2.45, 2.75) is 26.6 Å². The second kappa shape index (κ2) is 5.59. The van der Waals surface area contributed by atoms with Gasteiger partial charge in [-0.25, -0.2) is 4.39 Å². The van der Waals surface area contributed by atoms with Gasteiger partial charge in [-0.3, -0.25) is 0 Å². The van der Waals surface area contributed by atoms with Crippen LogP contribution < -0.4 is 5.32 Å². The molecule has 0 bridgehead atoms. The average Bonchev–Trinajstić information content (AvgIpc) is 2.82. The summed E-state index contributed by atoms with van der Waals surface area (Å²) in [6, 6.07) is 4.48. The van der Waals surface area contributed by atoms with Crippen LogP contribution in [0.3, 0.4) is 0 Å². The van der Waals surface area contributed by atoms with Crippen LogP contribution in [0.25, 0.3) is 0 Å². The van der Waals surface area contributed by atoms with Crippen molar-refractivity contribution in [1.82, 2.24) is 20.1 Å². The minimum absolute atomic E-state index is 0.304. The monoisotopic (exact) mass is 250 g/mol. The van der Waals surface area contributed by atoms with Gasteiger partial charge in [0.05, 0.1) is 6.54 Å². The SMILES string of the molecule is CCn1cnnc1CNCc1cccc(F)c1O. The maximum Gasteiger partial charge on any atom is 0.165 e. The fourth-order valence-corrected chi connectivity index (χ4v) is 1.69. The summed E-state index contributed by atoms with van der Waals surface area (Å²) in [5.74, 6) is -0.0959. The molecule has 0 unspecified atom stereocenters. The Morgan fingerprint density at radius 3 is 3.00 bits per heavy atom. The molecule has 0 amide bonds. The van der Waals surface area contributed by atoms with Crippen LogP contribution in [0.1, 0.15) is 18.3 Å². The number of aryl methyl sites for hydroxylation is 1. The number of benzene rings is 1. The number of phenolic OH excluding ortho intramolecular Hbond substituents is 1. The van der Waals surface area contributed by atoms with Crippen LogP contribution in [0.4, 0.5) is 4.39 Å². The second-order valence-electron chi connectivity index (χ2n) is 3.88. The first-order chi connectivity index (χ1) is 8.72. The smallest absolute Gasteiger partial charge is 0.165 e. The van der Waals surface area contributed by atoms with E-state index in [0.717, 1.165) is 12.4 Å². The summed E-state index contributed by atoms with van der Waals surface area (Å²) in [5, 5.41) is 20.4. The highest BCUT2D eigenvalue weighted by Crippen LogP contribution is 2.20. The molecule has 0 aliphatic carbocycles.